The predicted octanol–water partition coefficient (Wildman–Crippen LogP) is 2.17. The minimum absolute atomic E-state index is 0.0590. The van der Waals surface area contributed by atoms with Crippen molar-refractivity contribution in [3.63, 3.8) is 0 Å². The van der Waals surface area contributed by atoms with E-state index in [2.05, 4.69) is 11.8 Å². The molecular formula is C19H30N2O2. The Morgan fingerprint density at radius 3 is 2.78 bits per heavy atom. The normalized spacial score (nSPS) is 54.3. The zero-order valence-electron chi connectivity index (χ0n) is 14.3. The fourth-order valence-corrected chi connectivity index (χ4v) is 6.93. The molecule has 3 aliphatic carbocycles. The number of ether oxygens (including phenoxy) is 1. The molecule has 4 nitrogen and oxygen atoms in total. The van der Waals surface area contributed by atoms with E-state index >= 15 is 0 Å². The summed E-state index contributed by atoms with van der Waals surface area (Å²) >= 11 is 0. The number of nitrogens with zero attached hydrogens (tertiary/aromatic N) is 1. The summed E-state index contributed by atoms with van der Waals surface area (Å²) in [6, 6.07) is 0.264. The Bertz CT molecular complexity index is 529. The number of hydrogen-bond acceptors (Lipinski definition) is 3. The van der Waals surface area contributed by atoms with Gasteiger partial charge < -0.3 is 15.4 Å². The lowest BCUT2D eigenvalue weighted by molar-refractivity contribution is -0.175. The van der Waals surface area contributed by atoms with E-state index in [1.54, 1.807) is 0 Å². The van der Waals surface area contributed by atoms with Crippen LogP contribution in [0.1, 0.15) is 51.9 Å². The number of likely N-dealkylation sites (tertiary alicyclic amines) is 1. The standard InChI is InChI=1S/C19H30N2O2/c1-18-11-21(10-16(18)12-2-3-14(18)6-12)17(22)13-7-19(8-13)9-15(20)4-5-23-19/h12-16H,2-11,20H2,1H3/t12-,13?,14+,15?,16-,18+,19?/m0/s1. The SMILES string of the molecule is C[C@]12CN(C(=O)C3CC4(CC(N)CCO4)C3)C[C@H]1[C@H]1CC[C@@H]2C1. The molecule has 2 heterocycles. The van der Waals surface area contributed by atoms with E-state index in [4.69, 9.17) is 10.5 Å². The number of carbonyl (C=O) groups is 1. The summed E-state index contributed by atoms with van der Waals surface area (Å²) in [6.07, 6.45) is 7.97. The Labute approximate surface area is 139 Å². The Hall–Kier alpha value is -0.610. The molecule has 0 aromatic heterocycles. The molecule has 4 heteroatoms. The largest absolute Gasteiger partial charge is 0.375 e. The summed E-state index contributed by atoms with van der Waals surface area (Å²) in [5.41, 5.74) is 6.47. The average molecular weight is 318 g/mol. The van der Waals surface area contributed by atoms with Crippen LogP contribution in [-0.2, 0) is 9.53 Å². The maximum absolute atomic E-state index is 13.0. The second-order valence-corrected chi connectivity index (χ2v) is 9.49. The fourth-order valence-electron chi connectivity index (χ4n) is 6.93. The summed E-state index contributed by atoms with van der Waals surface area (Å²) in [4.78, 5) is 15.2. The monoisotopic (exact) mass is 318 g/mol. The number of hydrogen-bond donors (Lipinski definition) is 1. The average Bonchev–Trinajstić information content (AvgIpc) is 3.14. The van der Waals surface area contributed by atoms with Gasteiger partial charge in [-0.15, -0.1) is 0 Å². The van der Waals surface area contributed by atoms with Crippen LogP contribution in [0.4, 0.5) is 0 Å². The van der Waals surface area contributed by atoms with E-state index < -0.39 is 0 Å². The van der Waals surface area contributed by atoms with Crippen LogP contribution in [0.15, 0.2) is 0 Å². The first-order valence-corrected chi connectivity index (χ1v) is 9.67. The molecule has 128 valence electrons. The van der Waals surface area contributed by atoms with Crippen LogP contribution in [-0.4, -0.2) is 42.1 Å². The van der Waals surface area contributed by atoms with Crippen LogP contribution in [0.5, 0.6) is 0 Å². The van der Waals surface area contributed by atoms with Crippen molar-refractivity contribution in [3.05, 3.63) is 0 Å². The molecule has 2 N–H and O–H groups in total. The van der Waals surface area contributed by atoms with Crippen LogP contribution in [0.2, 0.25) is 0 Å². The zero-order valence-corrected chi connectivity index (χ0v) is 14.3. The van der Waals surface area contributed by atoms with Gasteiger partial charge in [0.05, 0.1) is 5.60 Å². The number of nitrogens with two attached hydrogens (primary N) is 1. The van der Waals surface area contributed by atoms with Crippen LogP contribution < -0.4 is 5.73 Å². The molecule has 5 atom stereocenters. The van der Waals surface area contributed by atoms with Gasteiger partial charge in [-0.05, 0) is 68.1 Å². The van der Waals surface area contributed by atoms with Crippen molar-refractivity contribution in [2.75, 3.05) is 19.7 Å². The van der Waals surface area contributed by atoms with Crippen molar-refractivity contribution in [1.82, 2.24) is 4.90 Å². The number of carbonyl (C=O) groups excluding carboxylic acids is 1. The van der Waals surface area contributed by atoms with E-state index in [0.29, 0.717) is 11.3 Å². The summed E-state index contributed by atoms with van der Waals surface area (Å²) in [7, 11) is 0. The summed E-state index contributed by atoms with van der Waals surface area (Å²) in [5.74, 6) is 3.16. The highest BCUT2D eigenvalue weighted by atomic mass is 16.5. The van der Waals surface area contributed by atoms with Crippen molar-refractivity contribution in [2.45, 2.75) is 63.5 Å². The predicted molar refractivity (Wildman–Crippen MR) is 87.6 cm³/mol. The van der Waals surface area contributed by atoms with Crippen molar-refractivity contribution in [1.29, 1.82) is 0 Å². The van der Waals surface area contributed by atoms with E-state index in [1.807, 2.05) is 0 Å². The topological polar surface area (TPSA) is 55.6 Å². The lowest BCUT2D eigenvalue weighted by Gasteiger charge is -2.51. The Balaban J connectivity index is 1.24. The summed E-state index contributed by atoms with van der Waals surface area (Å²) in [6.45, 7) is 5.28. The first kappa shape index (κ1) is 14.7. The van der Waals surface area contributed by atoms with Crippen LogP contribution in [0.3, 0.4) is 0 Å². The molecule has 1 unspecified atom stereocenters. The van der Waals surface area contributed by atoms with E-state index in [1.165, 1.54) is 19.3 Å². The molecule has 5 aliphatic rings. The molecule has 0 radical (unpaired) electrons. The van der Waals surface area contributed by atoms with Gasteiger partial charge in [0.25, 0.3) is 0 Å². The van der Waals surface area contributed by atoms with Crippen molar-refractivity contribution in [3.8, 4) is 0 Å². The third-order valence-electron chi connectivity index (χ3n) is 8.20. The number of amides is 1. The van der Waals surface area contributed by atoms with E-state index in [0.717, 1.165) is 63.1 Å². The molecule has 2 saturated heterocycles. The minimum atomic E-state index is -0.0590. The van der Waals surface area contributed by atoms with Crippen molar-refractivity contribution < 1.29 is 9.53 Å². The van der Waals surface area contributed by atoms with Crippen molar-refractivity contribution in [2.24, 2.45) is 34.8 Å². The highest BCUT2D eigenvalue weighted by Crippen LogP contribution is 2.62. The Morgan fingerprint density at radius 2 is 2.04 bits per heavy atom. The van der Waals surface area contributed by atoms with Gasteiger partial charge in [-0.25, -0.2) is 0 Å². The van der Waals surface area contributed by atoms with Gasteiger partial charge in [-0.3, -0.25) is 4.79 Å². The van der Waals surface area contributed by atoms with Crippen molar-refractivity contribution >= 4 is 5.91 Å². The van der Waals surface area contributed by atoms with Crippen LogP contribution in [0.25, 0.3) is 0 Å². The van der Waals surface area contributed by atoms with E-state index in [9.17, 15) is 4.79 Å². The molecule has 0 aromatic rings. The molecule has 1 amide bonds. The second-order valence-electron chi connectivity index (χ2n) is 9.49. The lowest BCUT2D eigenvalue weighted by Crippen LogP contribution is -2.57. The quantitative estimate of drug-likeness (QED) is 0.806. The fraction of sp³-hybridized carbons (Fsp3) is 0.947. The molecule has 2 bridgehead atoms. The van der Waals surface area contributed by atoms with Gasteiger partial charge in [0.1, 0.15) is 0 Å². The lowest BCUT2D eigenvalue weighted by atomic mass is 9.66. The van der Waals surface area contributed by atoms with Crippen LogP contribution in [0, 0.1) is 29.1 Å². The summed E-state index contributed by atoms with van der Waals surface area (Å²) in [5, 5.41) is 0. The van der Waals surface area contributed by atoms with E-state index in [-0.39, 0.29) is 17.6 Å². The highest BCUT2D eigenvalue weighted by Gasteiger charge is 2.61. The van der Waals surface area contributed by atoms with Gasteiger partial charge in [-0.1, -0.05) is 6.92 Å². The van der Waals surface area contributed by atoms with Gasteiger partial charge in [-0.2, -0.15) is 0 Å². The molecule has 5 fully saturated rings. The maximum atomic E-state index is 13.0. The molecule has 1 spiro atoms. The second kappa shape index (κ2) is 4.72. The number of rotatable bonds is 1. The Morgan fingerprint density at radius 1 is 1.22 bits per heavy atom. The smallest absolute Gasteiger partial charge is 0.225 e. The van der Waals surface area contributed by atoms with Gasteiger partial charge >= 0.3 is 0 Å². The molecule has 0 aromatic carbocycles. The molecular weight excluding hydrogens is 288 g/mol. The first-order valence-electron chi connectivity index (χ1n) is 9.67. The Kier molecular flexibility index (Phi) is 3.02. The zero-order chi connectivity index (χ0) is 15.8. The van der Waals surface area contributed by atoms with Crippen LogP contribution >= 0.6 is 0 Å². The first-order chi connectivity index (χ1) is 11.0. The maximum Gasteiger partial charge on any atom is 0.225 e. The molecule has 3 saturated carbocycles. The van der Waals surface area contributed by atoms with Gasteiger partial charge in [0, 0.05) is 31.7 Å². The third-order valence-corrected chi connectivity index (χ3v) is 8.20. The molecule has 2 aliphatic heterocycles. The summed E-state index contributed by atoms with van der Waals surface area (Å²) < 4.78 is 6.00. The minimum Gasteiger partial charge on any atom is -0.375 e. The highest BCUT2D eigenvalue weighted by molar-refractivity contribution is 5.80. The molecule has 5 rings (SSSR count). The third kappa shape index (κ3) is 2.00. The molecule has 23 heavy (non-hydrogen) atoms. The number of fused-ring (bicyclic) bond motifs is 5. The van der Waals surface area contributed by atoms with Gasteiger partial charge in [0.15, 0.2) is 0 Å². The van der Waals surface area contributed by atoms with Gasteiger partial charge in [0.2, 0.25) is 5.91 Å².